The van der Waals surface area contributed by atoms with Crippen LogP contribution in [-0.2, 0) is 4.79 Å². The van der Waals surface area contributed by atoms with Crippen LogP contribution in [0.2, 0.25) is 0 Å². The predicted molar refractivity (Wildman–Crippen MR) is 91.5 cm³/mol. The van der Waals surface area contributed by atoms with Gasteiger partial charge in [0.25, 0.3) is 0 Å². The Morgan fingerprint density at radius 2 is 2.12 bits per heavy atom. The summed E-state index contributed by atoms with van der Waals surface area (Å²) in [4.78, 5) is 12.3. The van der Waals surface area contributed by atoms with Gasteiger partial charge < -0.3 is 20.1 Å². The highest BCUT2D eigenvalue weighted by atomic mass is 16.6. The van der Waals surface area contributed by atoms with Crippen LogP contribution in [0.3, 0.4) is 0 Å². The average molecular weight is 330 g/mol. The average Bonchev–Trinajstić information content (AvgIpc) is 3.43. The highest BCUT2D eigenvalue weighted by Gasteiger charge is 2.44. The van der Waals surface area contributed by atoms with Crippen LogP contribution in [0.1, 0.15) is 37.2 Å². The molecule has 0 radical (unpaired) electrons. The van der Waals surface area contributed by atoms with Gasteiger partial charge in [0.05, 0.1) is 0 Å². The molecule has 0 spiro atoms. The standard InChI is InChI=1S/C19H26N2O3/c22-19(21-7-5-13-2-1-6-20-12-13)16-11-15(16)14-3-4-17-18(10-14)24-9-8-23-17/h3-4,10,13,15-16,20H,1-2,5-9,11-12H2,(H,21,22). The maximum Gasteiger partial charge on any atom is 0.223 e. The number of nitrogens with one attached hydrogen (secondary N) is 2. The van der Waals surface area contributed by atoms with Crippen LogP contribution >= 0.6 is 0 Å². The summed E-state index contributed by atoms with van der Waals surface area (Å²) in [5.41, 5.74) is 1.19. The van der Waals surface area contributed by atoms with E-state index in [2.05, 4.69) is 16.7 Å². The first-order chi connectivity index (χ1) is 11.8. The molecule has 5 nitrogen and oxygen atoms in total. The number of fused-ring (bicyclic) bond motifs is 1. The van der Waals surface area contributed by atoms with Crippen LogP contribution in [0.5, 0.6) is 11.5 Å². The number of amides is 1. The zero-order valence-electron chi connectivity index (χ0n) is 14.1. The summed E-state index contributed by atoms with van der Waals surface area (Å²) in [5.74, 6) is 3.00. The summed E-state index contributed by atoms with van der Waals surface area (Å²) in [7, 11) is 0. The summed E-state index contributed by atoms with van der Waals surface area (Å²) in [6, 6.07) is 6.08. The lowest BCUT2D eigenvalue weighted by Crippen LogP contribution is -2.33. The quantitative estimate of drug-likeness (QED) is 0.868. The van der Waals surface area contributed by atoms with E-state index in [0.29, 0.717) is 25.0 Å². The van der Waals surface area contributed by atoms with E-state index in [-0.39, 0.29) is 11.8 Å². The van der Waals surface area contributed by atoms with Gasteiger partial charge in [-0.15, -0.1) is 0 Å². The van der Waals surface area contributed by atoms with Crippen molar-refractivity contribution in [3.05, 3.63) is 23.8 Å². The van der Waals surface area contributed by atoms with E-state index in [1.807, 2.05) is 12.1 Å². The fourth-order valence-corrected chi connectivity index (χ4v) is 3.84. The van der Waals surface area contributed by atoms with Crippen molar-refractivity contribution in [3.8, 4) is 11.5 Å². The lowest BCUT2D eigenvalue weighted by molar-refractivity contribution is -0.122. The van der Waals surface area contributed by atoms with Crippen molar-refractivity contribution >= 4 is 5.91 Å². The summed E-state index contributed by atoms with van der Waals surface area (Å²) in [5, 5.41) is 6.56. The van der Waals surface area contributed by atoms with E-state index in [1.165, 1.54) is 18.4 Å². The van der Waals surface area contributed by atoms with Gasteiger partial charge in [-0.2, -0.15) is 0 Å². The van der Waals surface area contributed by atoms with Crippen LogP contribution in [0.4, 0.5) is 0 Å². The molecule has 2 fully saturated rings. The summed E-state index contributed by atoms with van der Waals surface area (Å²) in [6.07, 6.45) is 4.57. The molecule has 1 aromatic rings. The van der Waals surface area contributed by atoms with Crippen molar-refractivity contribution < 1.29 is 14.3 Å². The molecule has 4 rings (SSSR count). The molecule has 3 atom stereocenters. The van der Waals surface area contributed by atoms with Crippen molar-refractivity contribution in [2.75, 3.05) is 32.8 Å². The van der Waals surface area contributed by atoms with Crippen LogP contribution in [0.25, 0.3) is 0 Å². The third kappa shape index (κ3) is 3.51. The molecule has 0 aromatic heterocycles. The molecule has 1 saturated heterocycles. The van der Waals surface area contributed by atoms with Crippen molar-refractivity contribution in [2.24, 2.45) is 11.8 Å². The molecule has 2 heterocycles. The molecule has 1 saturated carbocycles. The molecule has 2 N–H and O–H groups in total. The molecule has 2 aliphatic heterocycles. The fourth-order valence-electron chi connectivity index (χ4n) is 3.84. The molecular weight excluding hydrogens is 304 g/mol. The highest BCUT2D eigenvalue weighted by Crippen LogP contribution is 2.49. The van der Waals surface area contributed by atoms with Gasteiger partial charge in [0.2, 0.25) is 5.91 Å². The number of carbonyl (C=O) groups is 1. The van der Waals surface area contributed by atoms with Crippen molar-refractivity contribution in [3.63, 3.8) is 0 Å². The van der Waals surface area contributed by atoms with Gasteiger partial charge in [-0.25, -0.2) is 0 Å². The van der Waals surface area contributed by atoms with Crippen molar-refractivity contribution in [2.45, 2.75) is 31.6 Å². The molecule has 0 bridgehead atoms. The maximum atomic E-state index is 12.3. The van der Waals surface area contributed by atoms with E-state index in [9.17, 15) is 4.79 Å². The zero-order valence-corrected chi connectivity index (χ0v) is 14.1. The number of rotatable bonds is 5. The van der Waals surface area contributed by atoms with Crippen LogP contribution in [0, 0.1) is 11.8 Å². The van der Waals surface area contributed by atoms with E-state index in [1.54, 1.807) is 0 Å². The molecule has 1 aliphatic carbocycles. The smallest absolute Gasteiger partial charge is 0.223 e. The molecule has 24 heavy (non-hydrogen) atoms. The van der Waals surface area contributed by atoms with Crippen LogP contribution in [0.15, 0.2) is 18.2 Å². The van der Waals surface area contributed by atoms with E-state index < -0.39 is 0 Å². The summed E-state index contributed by atoms with van der Waals surface area (Å²) >= 11 is 0. The lowest BCUT2D eigenvalue weighted by atomic mass is 9.96. The SMILES string of the molecule is O=C(NCCC1CCCNC1)C1CC1c1ccc2c(c1)OCCO2. The van der Waals surface area contributed by atoms with Crippen molar-refractivity contribution in [1.82, 2.24) is 10.6 Å². The summed E-state index contributed by atoms with van der Waals surface area (Å²) < 4.78 is 11.2. The fraction of sp³-hybridized carbons (Fsp3) is 0.632. The first-order valence-electron chi connectivity index (χ1n) is 9.19. The molecule has 3 unspecified atom stereocenters. The van der Waals surface area contributed by atoms with Crippen LogP contribution < -0.4 is 20.1 Å². The third-order valence-electron chi connectivity index (χ3n) is 5.37. The Balaban J connectivity index is 1.25. The number of carbonyl (C=O) groups excluding carboxylic acids is 1. The zero-order chi connectivity index (χ0) is 16.4. The lowest BCUT2D eigenvalue weighted by Gasteiger charge is -2.22. The Hall–Kier alpha value is -1.75. The molecule has 130 valence electrons. The molecule has 3 aliphatic rings. The van der Waals surface area contributed by atoms with Gasteiger partial charge in [0, 0.05) is 12.5 Å². The van der Waals surface area contributed by atoms with E-state index >= 15 is 0 Å². The second kappa shape index (κ2) is 7.01. The minimum Gasteiger partial charge on any atom is -0.486 e. The maximum absolute atomic E-state index is 12.3. The van der Waals surface area contributed by atoms with Gasteiger partial charge in [0.1, 0.15) is 13.2 Å². The Labute approximate surface area is 143 Å². The monoisotopic (exact) mass is 330 g/mol. The molecule has 1 aromatic carbocycles. The topological polar surface area (TPSA) is 59.6 Å². The predicted octanol–water partition coefficient (Wildman–Crippen LogP) is 2.07. The Morgan fingerprint density at radius 1 is 1.25 bits per heavy atom. The normalized spacial score (nSPS) is 28.2. The first-order valence-corrected chi connectivity index (χ1v) is 9.19. The van der Waals surface area contributed by atoms with Gasteiger partial charge in [-0.05, 0) is 68.3 Å². The number of piperidine rings is 1. The Kier molecular flexibility index (Phi) is 4.60. The number of benzene rings is 1. The molecule has 5 heteroatoms. The minimum absolute atomic E-state index is 0.122. The largest absolute Gasteiger partial charge is 0.486 e. The minimum atomic E-state index is 0.122. The van der Waals surface area contributed by atoms with Gasteiger partial charge in [-0.3, -0.25) is 4.79 Å². The van der Waals surface area contributed by atoms with E-state index in [4.69, 9.17) is 9.47 Å². The van der Waals surface area contributed by atoms with Crippen molar-refractivity contribution in [1.29, 1.82) is 0 Å². The Bertz CT molecular complexity index is 598. The number of hydrogen-bond donors (Lipinski definition) is 2. The second-order valence-electron chi connectivity index (χ2n) is 7.14. The van der Waals surface area contributed by atoms with Crippen LogP contribution in [-0.4, -0.2) is 38.8 Å². The second-order valence-corrected chi connectivity index (χ2v) is 7.14. The number of hydrogen-bond acceptors (Lipinski definition) is 4. The summed E-state index contributed by atoms with van der Waals surface area (Å²) in [6.45, 7) is 4.25. The molecule has 1 amide bonds. The number of ether oxygens (including phenoxy) is 2. The third-order valence-corrected chi connectivity index (χ3v) is 5.37. The van der Waals surface area contributed by atoms with Gasteiger partial charge in [0.15, 0.2) is 11.5 Å². The molecular formula is C19H26N2O3. The van der Waals surface area contributed by atoms with E-state index in [0.717, 1.165) is 44.0 Å². The highest BCUT2D eigenvalue weighted by molar-refractivity contribution is 5.82. The van der Waals surface area contributed by atoms with Gasteiger partial charge >= 0.3 is 0 Å². The Morgan fingerprint density at radius 3 is 2.96 bits per heavy atom. The van der Waals surface area contributed by atoms with Gasteiger partial charge in [-0.1, -0.05) is 6.07 Å². The first kappa shape index (κ1) is 15.8.